The molecule has 7 heteroatoms. The number of nitrogens with two attached hydrogens (primary N) is 1. The minimum absolute atomic E-state index is 0.168. The van der Waals surface area contributed by atoms with Crippen LogP contribution in [-0.2, 0) is 9.59 Å². The van der Waals surface area contributed by atoms with Crippen LogP contribution in [-0.4, -0.2) is 34.1 Å². The molecule has 1 aliphatic rings. The van der Waals surface area contributed by atoms with Crippen molar-refractivity contribution in [3.05, 3.63) is 0 Å². The Kier molecular flexibility index (Phi) is 5.07. The minimum atomic E-state index is -2.93. The second kappa shape index (κ2) is 5.95. The van der Waals surface area contributed by atoms with Crippen molar-refractivity contribution < 1.29 is 18.4 Å². The van der Waals surface area contributed by atoms with E-state index in [-0.39, 0.29) is 31.2 Å². The normalized spacial score (nSPS) is 23.0. The lowest BCUT2D eigenvalue weighted by Gasteiger charge is -2.37. The van der Waals surface area contributed by atoms with E-state index in [4.69, 9.17) is 5.73 Å². The molecule has 2 unspecified atom stereocenters. The monoisotopic (exact) mass is 326 g/mol. The van der Waals surface area contributed by atoms with Gasteiger partial charge in [0.1, 0.15) is 6.04 Å². The predicted octanol–water partition coefficient (Wildman–Crippen LogP) is 1.87. The molecule has 2 amide bonds. The molecule has 0 aliphatic carbocycles. The average molecular weight is 327 g/mol. The number of amides is 2. The molecule has 1 aliphatic heterocycles. The van der Waals surface area contributed by atoms with Gasteiger partial charge in [-0.3, -0.25) is 9.59 Å². The van der Waals surface area contributed by atoms with Crippen LogP contribution >= 0.6 is 15.9 Å². The summed E-state index contributed by atoms with van der Waals surface area (Å²) >= 11 is 2.30. The molecule has 2 atom stereocenters. The lowest BCUT2D eigenvalue weighted by Crippen LogP contribution is -2.52. The fourth-order valence-corrected chi connectivity index (χ4v) is 2.77. The molecular weight excluding hydrogens is 310 g/mol. The van der Waals surface area contributed by atoms with Crippen molar-refractivity contribution in [1.82, 2.24) is 4.90 Å². The van der Waals surface area contributed by atoms with Crippen molar-refractivity contribution in [3.8, 4) is 0 Å². The second-order valence-electron chi connectivity index (χ2n) is 4.60. The average Bonchev–Trinajstić information content (AvgIpc) is 2.21. The Hall–Kier alpha value is -0.720. The first kappa shape index (κ1) is 15.3. The highest BCUT2D eigenvalue weighted by atomic mass is 79.9. The van der Waals surface area contributed by atoms with Crippen molar-refractivity contribution in [2.45, 2.75) is 43.5 Å². The van der Waals surface area contributed by atoms with Gasteiger partial charge in [0.25, 0.3) is 0 Å². The largest absolute Gasteiger partial charge is 0.368 e. The fourth-order valence-electron chi connectivity index (χ4n) is 2.31. The van der Waals surface area contributed by atoms with Crippen molar-refractivity contribution in [2.75, 3.05) is 6.54 Å². The number of halogens is 3. The Labute approximate surface area is 113 Å². The van der Waals surface area contributed by atoms with E-state index in [9.17, 15) is 18.4 Å². The van der Waals surface area contributed by atoms with E-state index in [2.05, 4.69) is 15.9 Å². The Bertz CT molecular complexity index is 333. The molecule has 0 aromatic rings. The third-order valence-corrected chi connectivity index (χ3v) is 3.48. The Balaban J connectivity index is 2.72. The maximum absolute atomic E-state index is 12.9. The van der Waals surface area contributed by atoms with E-state index >= 15 is 0 Å². The van der Waals surface area contributed by atoms with Crippen molar-refractivity contribution in [3.63, 3.8) is 0 Å². The molecule has 104 valence electrons. The van der Waals surface area contributed by atoms with E-state index in [1.807, 2.05) is 0 Å². The first-order valence-corrected chi connectivity index (χ1v) is 6.69. The summed E-state index contributed by atoms with van der Waals surface area (Å²) in [6, 6.07) is -0.691. The smallest absolute Gasteiger partial charge is 0.301 e. The van der Waals surface area contributed by atoms with Gasteiger partial charge < -0.3 is 10.6 Å². The number of likely N-dealkylation sites (tertiary alicyclic amines) is 1. The molecular formula is C11H17BrF2N2O2. The SMILES string of the molecule is CCC(C(N)=O)N1CC(CC(F)(F)Br)CCC1=O. The van der Waals surface area contributed by atoms with Gasteiger partial charge in [0, 0.05) is 19.4 Å². The number of nitrogens with zero attached hydrogens (tertiary/aromatic N) is 1. The molecule has 0 saturated carbocycles. The zero-order valence-electron chi connectivity index (χ0n) is 10.2. The first-order chi connectivity index (χ1) is 8.24. The van der Waals surface area contributed by atoms with E-state index in [0.717, 1.165) is 0 Å². The number of alkyl halides is 3. The minimum Gasteiger partial charge on any atom is -0.368 e. The van der Waals surface area contributed by atoms with Crippen LogP contribution in [0.4, 0.5) is 8.78 Å². The highest BCUT2D eigenvalue weighted by Gasteiger charge is 2.37. The summed E-state index contributed by atoms with van der Waals surface area (Å²) in [5, 5.41) is 0. The Morgan fingerprint density at radius 1 is 1.67 bits per heavy atom. The number of carbonyl (C=O) groups excluding carboxylic acids is 2. The van der Waals surface area contributed by atoms with Crippen molar-refractivity contribution in [2.24, 2.45) is 11.7 Å². The highest BCUT2D eigenvalue weighted by molar-refractivity contribution is 9.09. The maximum Gasteiger partial charge on any atom is 0.301 e. The summed E-state index contributed by atoms with van der Waals surface area (Å²) in [5.74, 6) is -1.09. The van der Waals surface area contributed by atoms with Crippen LogP contribution < -0.4 is 5.73 Å². The Morgan fingerprint density at radius 2 is 2.28 bits per heavy atom. The summed E-state index contributed by atoms with van der Waals surface area (Å²) in [7, 11) is 0. The summed E-state index contributed by atoms with van der Waals surface area (Å²) in [6.45, 7) is 1.91. The molecule has 1 rings (SSSR count). The molecule has 0 spiro atoms. The van der Waals surface area contributed by atoms with Crippen LogP contribution in [0.3, 0.4) is 0 Å². The molecule has 4 nitrogen and oxygen atoms in total. The topological polar surface area (TPSA) is 63.4 Å². The second-order valence-corrected chi connectivity index (χ2v) is 5.76. The van der Waals surface area contributed by atoms with Gasteiger partial charge in [0.2, 0.25) is 11.8 Å². The van der Waals surface area contributed by atoms with Crippen LogP contribution in [0, 0.1) is 5.92 Å². The van der Waals surface area contributed by atoms with Gasteiger partial charge in [0.05, 0.1) is 0 Å². The van der Waals surface area contributed by atoms with Gasteiger partial charge in [-0.1, -0.05) is 6.92 Å². The molecule has 1 saturated heterocycles. The zero-order valence-corrected chi connectivity index (χ0v) is 11.8. The summed E-state index contributed by atoms with van der Waals surface area (Å²) < 4.78 is 25.8. The molecule has 0 aromatic carbocycles. The lowest BCUT2D eigenvalue weighted by atomic mass is 9.93. The molecule has 1 heterocycles. The maximum atomic E-state index is 12.9. The van der Waals surface area contributed by atoms with Gasteiger partial charge in [-0.15, -0.1) is 0 Å². The molecule has 0 aromatic heterocycles. The highest BCUT2D eigenvalue weighted by Crippen LogP contribution is 2.34. The number of hydrogen-bond acceptors (Lipinski definition) is 2. The van der Waals surface area contributed by atoms with Gasteiger partial charge in [-0.05, 0) is 34.7 Å². The van der Waals surface area contributed by atoms with E-state index in [1.54, 1.807) is 6.92 Å². The first-order valence-electron chi connectivity index (χ1n) is 5.90. The van der Waals surface area contributed by atoms with Gasteiger partial charge in [0.15, 0.2) is 0 Å². The van der Waals surface area contributed by atoms with E-state index < -0.39 is 16.8 Å². The van der Waals surface area contributed by atoms with Crippen molar-refractivity contribution >= 4 is 27.7 Å². The molecule has 2 N–H and O–H groups in total. The van der Waals surface area contributed by atoms with Crippen LogP contribution in [0.5, 0.6) is 0 Å². The Morgan fingerprint density at radius 3 is 2.72 bits per heavy atom. The summed E-state index contributed by atoms with van der Waals surface area (Å²) in [4.78, 5) is 21.4. The summed E-state index contributed by atoms with van der Waals surface area (Å²) in [6.07, 6.45) is 0.674. The number of carbonyl (C=O) groups is 2. The third-order valence-electron chi connectivity index (χ3n) is 3.15. The number of piperidine rings is 1. The molecule has 18 heavy (non-hydrogen) atoms. The molecule has 1 fully saturated rings. The lowest BCUT2D eigenvalue weighted by molar-refractivity contribution is -0.143. The van der Waals surface area contributed by atoms with Crippen LogP contribution in [0.25, 0.3) is 0 Å². The van der Waals surface area contributed by atoms with Crippen molar-refractivity contribution in [1.29, 1.82) is 0 Å². The van der Waals surface area contributed by atoms with Crippen LogP contribution in [0.2, 0.25) is 0 Å². The van der Waals surface area contributed by atoms with Gasteiger partial charge in [-0.2, -0.15) is 8.78 Å². The number of primary amides is 1. The number of hydrogen-bond donors (Lipinski definition) is 1. The quantitative estimate of drug-likeness (QED) is 0.784. The molecule has 0 radical (unpaired) electrons. The standard InChI is InChI=1S/C11H17BrF2N2O2/c1-2-8(10(15)18)16-6-7(3-4-9(16)17)5-11(12,13)14/h7-8H,2-6H2,1H3,(H2,15,18). The predicted molar refractivity (Wildman–Crippen MR) is 66.2 cm³/mol. The fraction of sp³-hybridized carbons (Fsp3) is 0.818. The third kappa shape index (κ3) is 4.19. The van der Waals surface area contributed by atoms with Crippen LogP contribution in [0.1, 0.15) is 32.6 Å². The van der Waals surface area contributed by atoms with Gasteiger partial charge >= 0.3 is 4.83 Å². The van der Waals surface area contributed by atoms with E-state index in [1.165, 1.54) is 4.90 Å². The van der Waals surface area contributed by atoms with Crippen LogP contribution in [0.15, 0.2) is 0 Å². The van der Waals surface area contributed by atoms with Gasteiger partial charge in [-0.25, -0.2) is 0 Å². The van der Waals surface area contributed by atoms with E-state index in [0.29, 0.717) is 12.8 Å². The molecule has 0 bridgehead atoms. The summed E-state index contributed by atoms with van der Waals surface area (Å²) in [5.41, 5.74) is 5.22. The number of rotatable bonds is 5. The zero-order chi connectivity index (χ0) is 13.9.